The van der Waals surface area contributed by atoms with Gasteiger partial charge in [-0.05, 0) is 12.1 Å². The monoisotopic (exact) mass is 202 g/mol. The third-order valence-electron chi connectivity index (χ3n) is 1.68. The number of nitrogen functional groups attached to an aromatic ring is 1. The van der Waals surface area contributed by atoms with Crippen molar-refractivity contribution in [3.05, 3.63) is 29.3 Å². The molecule has 4 nitrogen and oxygen atoms in total. The third-order valence-corrected chi connectivity index (χ3v) is 2.35. The summed E-state index contributed by atoms with van der Waals surface area (Å²) in [6.07, 6.45) is 1.52. The number of nitrogens with two attached hydrogens (primary N) is 1. The summed E-state index contributed by atoms with van der Waals surface area (Å²) >= 11 is 1.37. The van der Waals surface area contributed by atoms with Gasteiger partial charge in [0.15, 0.2) is 5.13 Å². The maximum Gasteiger partial charge on any atom is 0.180 e. The molecule has 0 saturated carbocycles. The van der Waals surface area contributed by atoms with Crippen LogP contribution in [0.2, 0.25) is 0 Å². The number of rotatable bonds is 1. The predicted molar refractivity (Wildman–Crippen MR) is 54.5 cm³/mol. The Balaban J connectivity index is 2.39. The van der Waals surface area contributed by atoms with E-state index in [4.69, 9.17) is 11.0 Å². The number of nitrogens with zero attached hydrogens (tertiary/aromatic N) is 3. The number of hydrogen-bond acceptors (Lipinski definition) is 5. The first-order valence-electron chi connectivity index (χ1n) is 3.87. The molecule has 5 heteroatoms. The van der Waals surface area contributed by atoms with Crippen LogP contribution in [0.4, 0.5) is 5.13 Å². The zero-order chi connectivity index (χ0) is 9.97. The highest BCUT2D eigenvalue weighted by atomic mass is 32.1. The molecule has 0 amide bonds. The van der Waals surface area contributed by atoms with Crippen molar-refractivity contribution in [1.82, 2.24) is 9.97 Å². The molecule has 0 aliphatic carbocycles. The van der Waals surface area contributed by atoms with Gasteiger partial charge in [-0.3, -0.25) is 4.98 Å². The molecule has 2 N–H and O–H groups in total. The van der Waals surface area contributed by atoms with Gasteiger partial charge >= 0.3 is 0 Å². The molecule has 0 atom stereocenters. The standard InChI is InChI=1S/C9H6N4S/c10-3-6-1-2-7(12-4-6)8-5-14-9(11)13-8/h1-2,4-5H,(H2,11,13). The molecule has 0 unspecified atom stereocenters. The summed E-state index contributed by atoms with van der Waals surface area (Å²) in [5, 5.41) is 10.9. The summed E-state index contributed by atoms with van der Waals surface area (Å²) in [5.74, 6) is 0. The van der Waals surface area contributed by atoms with Crippen LogP contribution in [0, 0.1) is 11.3 Å². The van der Waals surface area contributed by atoms with Gasteiger partial charge in [-0.2, -0.15) is 5.26 Å². The van der Waals surface area contributed by atoms with Crippen molar-refractivity contribution < 1.29 is 0 Å². The second-order valence-electron chi connectivity index (χ2n) is 2.61. The van der Waals surface area contributed by atoms with Gasteiger partial charge in [0.05, 0.1) is 11.3 Å². The van der Waals surface area contributed by atoms with Crippen molar-refractivity contribution in [3.8, 4) is 17.5 Å². The van der Waals surface area contributed by atoms with E-state index in [0.29, 0.717) is 10.7 Å². The van der Waals surface area contributed by atoms with Gasteiger partial charge in [-0.1, -0.05) is 0 Å². The molecule has 0 spiro atoms. The fourth-order valence-electron chi connectivity index (χ4n) is 1.02. The van der Waals surface area contributed by atoms with Gasteiger partial charge in [0.2, 0.25) is 0 Å². The SMILES string of the molecule is N#Cc1ccc(-c2csc(N)n2)nc1. The molecule has 0 aliphatic rings. The highest BCUT2D eigenvalue weighted by Crippen LogP contribution is 2.20. The first-order valence-corrected chi connectivity index (χ1v) is 4.75. The lowest BCUT2D eigenvalue weighted by atomic mass is 10.2. The summed E-state index contributed by atoms with van der Waals surface area (Å²) in [4.78, 5) is 8.19. The number of hydrogen-bond donors (Lipinski definition) is 1. The van der Waals surface area contributed by atoms with E-state index in [1.807, 2.05) is 11.4 Å². The number of aromatic nitrogens is 2. The van der Waals surface area contributed by atoms with Crippen LogP contribution in [-0.2, 0) is 0 Å². The van der Waals surface area contributed by atoms with Crippen molar-refractivity contribution in [1.29, 1.82) is 5.26 Å². The molecule has 14 heavy (non-hydrogen) atoms. The summed E-state index contributed by atoms with van der Waals surface area (Å²) in [6, 6.07) is 5.47. The normalized spacial score (nSPS) is 9.64. The topological polar surface area (TPSA) is 75.6 Å². The van der Waals surface area contributed by atoms with E-state index in [0.717, 1.165) is 11.4 Å². The van der Waals surface area contributed by atoms with Gasteiger partial charge in [-0.25, -0.2) is 4.98 Å². The van der Waals surface area contributed by atoms with E-state index < -0.39 is 0 Å². The third kappa shape index (κ3) is 1.56. The summed E-state index contributed by atoms with van der Waals surface area (Å²) in [7, 11) is 0. The molecule has 0 fully saturated rings. The second-order valence-corrected chi connectivity index (χ2v) is 3.50. The van der Waals surface area contributed by atoms with Gasteiger partial charge < -0.3 is 5.73 Å². The zero-order valence-electron chi connectivity index (χ0n) is 7.14. The maximum absolute atomic E-state index is 8.58. The zero-order valence-corrected chi connectivity index (χ0v) is 7.95. The van der Waals surface area contributed by atoms with Crippen LogP contribution >= 0.6 is 11.3 Å². The minimum Gasteiger partial charge on any atom is -0.375 e. The fraction of sp³-hybridized carbons (Fsp3) is 0. The van der Waals surface area contributed by atoms with E-state index in [-0.39, 0.29) is 0 Å². The average Bonchev–Trinajstić information content (AvgIpc) is 2.65. The molecule has 0 aromatic carbocycles. The van der Waals surface area contributed by atoms with Crippen LogP contribution in [0.25, 0.3) is 11.4 Å². The summed E-state index contributed by atoms with van der Waals surface area (Å²) < 4.78 is 0. The van der Waals surface area contributed by atoms with Gasteiger partial charge in [0.25, 0.3) is 0 Å². The average molecular weight is 202 g/mol. The Labute approximate surface area is 84.7 Å². The summed E-state index contributed by atoms with van der Waals surface area (Å²) in [6.45, 7) is 0. The quantitative estimate of drug-likeness (QED) is 0.763. The minimum atomic E-state index is 0.520. The lowest BCUT2D eigenvalue weighted by Gasteiger charge is -1.94. The first kappa shape index (κ1) is 8.66. The van der Waals surface area contributed by atoms with Crippen LogP contribution < -0.4 is 5.73 Å². The molecule has 68 valence electrons. The highest BCUT2D eigenvalue weighted by Gasteiger charge is 2.03. The molecule has 0 radical (unpaired) electrons. The molecular formula is C9H6N4S. The van der Waals surface area contributed by atoms with Gasteiger partial charge in [0, 0.05) is 11.6 Å². The van der Waals surface area contributed by atoms with Crippen LogP contribution in [-0.4, -0.2) is 9.97 Å². The van der Waals surface area contributed by atoms with E-state index in [1.165, 1.54) is 17.5 Å². The second kappa shape index (κ2) is 3.44. The first-order chi connectivity index (χ1) is 6.79. The predicted octanol–water partition coefficient (Wildman–Crippen LogP) is 1.66. The highest BCUT2D eigenvalue weighted by molar-refractivity contribution is 7.13. The minimum absolute atomic E-state index is 0.520. The summed E-state index contributed by atoms with van der Waals surface area (Å²) in [5.41, 5.74) is 7.52. The molecule has 0 saturated heterocycles. The van der Waals surface area contributed by atoms with E-state index >= 15 is 0 Å². The number of pyridine rings is 1. The van der Waals surface area contributed by atoms with Gasteiger partial charge in [-0.15, -0.1) is 11.3 Å². The Morgan fingerprint density at radius 1 is 1.36 bits per heavy atom. The van der Waals surface area contributed by atoms with Crippen molar-refractivity contribution >= 4 is 16.5 Å². The Morgan fingerprint density at radius 3 is 2.71 bits per heavy atom. The lowest BCUT2D eigenvalue weighted by Crippen LogP contribution is -1.86. The Bertz CT molecular complexity index is 480. The smallest absolute Gasteiger partial charge is 0.180 e. The van der Waals surface area contributed by atoms with E-state index in [1.54, 1.807) is 12.1 Å². The lowest BCUT2D eigenvalue weighted by molar-refractivity contribution is 1.27. The van der Waals surface area contributed by atoms with E-state index in [2.05, 4.69) is 9.97 Å². The van der Waals surface area contributed by atoms with Crippen LogP contribution in [0.3, 0.4) is 0 Å². The fourth-order valence-corrected chi connectivity index (χ4v) is 1.57. The van der Waals surface area contributed by atoms with E-state index in [9.17, 15) is 0 Å². The van der Waals surface area contributed by atoms with Crippen LogP contribution in [0.1, 0.15) is 5.56 Å². The largest absolute Gasteiger partial charge is 0.375 e. The molecule has 0 aliphatic heterocycles. The number of thiazole rings is 1. The number of anilines is 1. The number of nitriles is 1. The Hall–Kier alpha value is -1.93. The van der Waals surface area contributed by atoms with Crippen LogP contribution in [0.5, 0.6) is 0 Å². The molecule has 2 rings (SSSR count). The Kier molecular flexibility index (Phi) is 2.13. The molecule has 2 aromatic heterocycles. The van der Waals surface area contributed by atoms with Crippen molar-refractivity contribution in [2.24, 2.45) is 0 Å². The molecule has 2 aromatic rings. The van der Waals surface area contributed by atoms with Gasteiger partial charge in [0.1, 0.15) is 11.8 Å². The van der Waals surface area contributed by atoms with Crippen molar-refractivity contribution in [2.75, 3.05) is 5.73 Å². The van der Waals surface area contributed by atoms with Crippen molar-refractivity contribution in [3.63, 3.8) is 0 Å². The molecule has 2 heterocycles. The molecular weight excluding hydrogens is 196 g/mol. The van der Waals surface area contributed by atoms with Crippen molar-refractivity contribution in [2.45, 2.75) is 0 Å². The maximum atomic E-state index is 8.58. The molecule has 0 bridgehead atoms. The van der Waals surface area contributed by atoms with Crippen LogP contribution in [0.15, 0.2) is 23.7 Å². The Morgan fingerprint density at radius 2 is 2.21 bits per heavy atom.